The largest absolute Gasteiger partial charge is 0.378 e. The summed E-state index contributed by atoms with van der Waals surface area (Å²) in [6.07, 6.45) is 5.70. The molecule has 0 heterocycles. The summed E-state index contributed by atoms with van der Waals surface area (Å²) in [6, 6.07) is 0. The Morgan fingerprint density at radius 3 is 2.08 bits per heavy atom. The molecule has 0 radical (unpaired) electrons. The summed E-state index contributed by atoms with van der Waals surface area (Å²) in [5.74, 6) is 0. The lowest BCUT2D eigenvalue weighted by Crippen LogP contribution is -2.34. The highest BCUT2D eigenvalue weighted by Gasteiger charge is 2.10. The maximum atomic E-state index is 9.73. The van der Waals surface area contributed by atoms with Crippen LogP contribution in [0.3, 0.4) is 0 Å². The number of aliphatic hydroxyl groups excluding tert-OH is 1. The molecule has 1 unspecified atom stereocenters. The van der Waals surface area contributed by atoms with Crippen LogP contribution < -0.4 is 0 Å². The third-order valence-electron chi connectivity index (χ3n) is 2.55. The predicted molar refractivity (Wildman–Crippen MR) is 57.7 cm³/mol. The molecule has 0 fully saturated rings. The maximum absolute atomic E-state index is 9.73. The van der Waals surface area contributed by atoms with Crippen molar-refractivity contribution in [3.8, 4) is 0 Å². The molecule has 2 heteroatoms. The molecule has 0 amide bonds. The Morgan fingerprint density at radius 2 is 1.62 bits per heavy atom. The Kier molecular flexibility index (Phi) is 8.46. The van der Waals surface area contributed by atoms with Crippen LogP contribution in [0.2, 0.25) is 0 Å². The van der Waals surface area contributed by atoms with Crippen LogP contribution in [0, 0.1) is 0 Å². The van der Waals surface area contributed by atoms with Gasteiger partial charge in [0.1, 0.15) is 6.23 Å². The van der Waals surface area contributed by atoms with E-state index in [0.717, 1.165) is 25.9 Å². The van der Waals surface area contributed by atoms with Crippen LogP contribution in [0.4, 0.5) is 0 Å². The fourth-order valence-corrected chi connectivity index (χ4v) is 1.58. The van der Waals surface area contributed by atoms with E-state index in [1.165, 1.54) is 19.3 Å². The fraction of sp³-hybridized carbons (Fsp3) is 1.00. The molecule has 0 aromatic rings. The Labute approximate surface area is 82.9 Å². The molecule has 1 N–H and O–H groups in total. The van der Waals surface area contributed by atoms with Crippen LogP contribution in [0.1, 0.15) is 52.9 Å². The normalized spacial score (nSPS) is 13.6. The molecular weight excluding hydrogens is 162 g/mol. The molecule has 0 aromatic heterocycles. The molecule has 0 bridgehead atoms. The van der Waals surface area contributed by atoms with Gasteiger partial charge in [-0.1, -0.05) is 40.0 Å². The summed E-state index contributed by atoms with van der Waals surface area (Å²) in [5, 5.41) is 9.73. The van der Waals surface area contributed by atoms with E-state index in [2.05, 4.69) is 25.7 Å². The fourth-order valence-electron chi connectivity index (χ4n) is 1.58. The number of unbranched alkanes of at least 4 members (excludes halogenated alkanes) is 3. The van der Waals surface area contributed by atoms with Gasteiger partial charge >= 0.3 is 0 Å². The predicted octanol–water partition coefficient (Wildman–Crippen LogP) is 2.62. The molecule has 0 aromatic carbocycles. The van der Waals surface area contributed by atoms with Crippen LogP contribution in [-0.4, -0.2) is 29.3 Å². The van der Waals surface area contributed by atoms with Gasteiger partial charge in [0.2, 0.25) is 0 Å². The zero-order chi connectivity index (χ0) is 10.1. The van der Waals surface area contributed by atoms with E-state index in [-0.39, 0.29) is 6.23 Å². The molecule has 0 aliphatic heterocycles. The number of hydrogen-bond donors (Lipinski definition) is 1. The minimum absolute atomic E-state index is 0.216. The Balaban J connectivity index is 3.42. The molecule has 0 aliphatic carbocycles. The van der Waals surface area contributed by atoms with Gasteiger partial charge in [0, 0.05) is 0 Å². The summed E-state index contributed by atoms with van der Waals surface area (Å²) in [4.78, 5) is 2.10. The highest BCUT2D eigenvalue weighted by molar-refractivity contribution is 4.58. The SMILES string of the molecule is CCCCCCC(O)N(CC)CC. The van der Waals surface area contributed by atoms with Crippen molar-refractivity contribution in [3.05, 3.63) is 0 Å². The molecule has 13 heavy (non-hydrogen) atoms. The lowest BCUT2D eigenvalue weighted by molar-refractivity contribution is 0.00280. The zero-order valence-corrected chi connectivity index (χ0v) is 9.42. The molecular formula is C11H25NO. The molecule has 0 spiro atoms. The van der Waals surface area contributed by atoms with Gasteiger partial charge in [-0.05, 0) is 25.9 Å². The first kappa shape index (κ1) is 12.9. The van der Waals surface area contributed by atoms with Gasteiger partial charge in [-0.15, -0.1) is 0 Å². The standard InChI is InChI=1S/C11H25NO/c1-4-7-8-9-10-11(13)12(5-2)6-3/h11,13H,4-10H2,1-3H3. The van der Waals surface area contributed by atoms with Gasteiger partial charge in [-0.25, -0.2) is 0 Å². The van der Waals surface area contributed by atoms with Crippen LogP contribution in [0.25, 0.3) is 0 Å². The molecule has 1 atom stereocenters. The molecule has 0 saturated carbocycles. The minimum atomic E-state index is -0.216. The van der Waals surface area contributed by atoms with Crippen LogP contribution >= 0.6 is 0 Å². The second kappa shape index (κ2) is 8.52. The third-order valence-corrected chi connectivity index (χ3v) is 2.55. The highest BCUT2D eigenvalue weighted by atomic mass is 16.3. The maximum Gasteiger partial charge on any atom is 0.107 e. The first-order chi connectivity index (χ1) is 6.26. The topological polar surface area (TPSA) is 23.5 Å². The van der Waals surface area contributed by atoms with Gasteiger partial charge in [0.05, 0.1) is 0 Å². The minimum Gasteiger partial charge on any atom is -0.378 e. The summed E-state index contributed by atoms with van der Waals surface area (Å²) in [7, 11) is 0. The van der Waals surface area contributed by atoms with Gasteiger partial charge < -0.3 is 5.11 Å². The second-order valence-electron chi connectivity index (χ2n) is 3.55. The Morgan fingerprint density at radius 1 is 1.00 bits per heavy atom. The van der Waals surface area contributed by atoms with E-state index in [4.69, 9.17) is 0 Å². The summed E-state index contributed by atoms with van der Waals surface area (Å²) in [6.45, 7) is 8.30. The number of hydrogen-bond acceptors (Lipinski definition) is 2. The van der Waals surface area contributed by atoms with Crippen molar-refractivity contribution in [1.82, 2.24) is 4.90 Å². The molecule has 80 valence electrons. The van der Waals surface area contributed by atoms with Crippen molar-refractivity contribution in [2.75, 3.05) is 13.1 Å². The number of rotatable bonds is 8. The lowest BCUT2D eigenvalue weighted by atomic mass is 10.1. The van der Waals surface area contributed by atoms with Crippen molar-refractivity contribution in [1.29, 1.82) is 0 Å². The Bertz CT molecular complexity index is 102. The van der Waals surface area contributed by atoms with E-state index in [9.17, 15) is 5.11 Å². The lowest BCUT2D eigenvalue weighted by Gasteiger charge is -2.24. The molecule has 0 saturated heterocycles. The average Bonchev–Trinajstić information content (AvgIpc) is 2.14. The number of aliphatic hydroxyl groups is 1. The van der Waals surface area contributed by atoms with Crippen molar-refractivity contribution >= 4 is 0 Å². The van der Waals surface area contributed by atoms with Crippen LogP contribution in [0.5, 0.6) is 0 Å². The van der Waals surface area contributed by atoms with Crippen molar-refractivity contribution in [3.63, 3.8) is 0 Å². The molecule has 0 aliphatic rings. The van der Waals surface area contributed by atoms with Gasteiger partial charge in [0.15, 0.2) is 0 Å². The highest BCUT2D eigenvalue weighted by Crippen LogP contribution is 2.08. The van der Waals surface area contributed by atoms with E-state index in [0.29, 0.717) is 0 Å². The monoisotopic (exact) mass is 187 g/mol. The third kappa shape index (κ3) is 6.05. The van der Waals surface area contributed by atoms with Crippen LogP contribution in [-0.2, 0) is 0 Å². The molecule has 0 rings (SSSR count). The Hall–Kier alpha value is -0.0800. The smallest absolute Gasteiger partial charge is 0.107 e. The van der Waals surface area contributed by atoms with Gasteiger partial charge in [-0.3, -0.25) is 4.90 Å². The van der Waals surface area contributed by atoms with E-state index >= 15 is 0 Å². The molecule has 2 nitrogen and oxygen atoms in total. The van der Waals surface area contributed by atoms with Crippen molar-refractivity contribution in [2.24, 2.45) is 0 Å². The van der Waals surface area contributed by atoms with E-state index in [1.54, 1.807) is 0 Å². The summed E-state index contributed by atoms with van der Waals surface area (Å²) < 4.78 is 0. The number of nitrogens with zero attached hydrogens (tertiary/aromatic N) is 1. The second-order valence-corrected chi connectivity index (χ2v) is 3.55. The zero-order valence-electron chi connectivity index (χ0n) is 9.42. The van der Waals surface area contributed by atoms with Crippen molar-refractivity contribution < 1.29 is 5.11 Å². The first-order valence-corrected chi connectivity index (χ1v) is 5.68. The first-order valence-electron chi connectivity index (χ1n) is 5.68. The quantitative estimate of drug-likeness (QED) is 0.466. The summed E-state index contributed by atoms with van der Waals surface area (Å²) in [5.41, 5.74) is 0. The van der Waals surface area contributed by atoms with E-state index < -0.39 is 0 Å². The van der Waals surface area contributed by atoms with Crippen molar-refractivity contribution in [2.45, 2.75) is 59.1 Å². The van der Waals surface area contributed by atoms with Gasteiger partial charge in [-0.2, -0.15) is 0 Å². The van der Waals surface area contributed by atoms with Crippen LogP contribution in [0.15, 0.2) is 0 Å². The van der Waals surface area contributed by atoms with Gasteiger partial charge in [0.25, 0.3) is 0 Å². The average molecular weight is 187 g/mol. The van der Waals surface area contributed by atoms with E-state index in [1.807, 2.05) is 0 Å². The summed E-state index contributed by atoms with van der Waals surface area (Å²) >= 11 is 0.